The van der Waals surface area contributed by atoms with Crippen LogP contribution in [0, 0.1) is 34.3 Å². The van der Waals surface area contributed by atoms with Gasteiger partial charge in [-0.2, -0.15) is 10.5 Å². The van der Waals surface area contributed by atoms with Crippen molar-refractivity contribution in [3.63, 3.8) is 0 Å². The number of carbonyl (C=O) groups excluding carboxylic acids is 1. The maximum absolute atomic E-state index is 13.7. The van der Waals surface area contributed by atoms with Gasteiger partial charge >= 0.3 is 0 Å². The van der Waals surface area contributed by atoms with Crippen LogP contribution in [0.1, 0.15) is 25.0 Å². The predicted octanol–water partition coefficient (Wildman–Crippen LogP) is 3.62. The minimum absolute atomic E-state index is 0.0598. The van der Waals surface area contributed by atoms with Gasteiger partial charge in [0, 0.05) is 11.8 Å². The normalized spacial score (nSPS) is 15.6. The number of carbonyl (C=O) groups is 1. The molecule has 2 aromatic rings. The summed E-state index contributed by atoms with van der Waals surface area (Å²) in [5, 5.41) is 18.3. The molecule has 1 aliphatic rings. The van der Waals surface area contributed by atoms with Crippen molar-refractivity contribution in [1.82, 2.24) is 0 Å². The highest BCUT2D eigenvalue weighted by molar-refractivity contribution is 7.81. The van der Waals surface area contributed by atoms with Crippen molar-refractivity contribution >= 4 is 34.6 Å². The molecule has 0 atom stereocenters. The summed E-state index contributed by atoms with van der Waals surface area (Å²) >= 11 is 5.44. The standard InChI is InChI=1S/C19H12F2N4OS/c1-19(2)17(26)24(13-4-3-11(9-22)12(7-13)10-23)18(27)25(19)14-5-6-15(20)16(21)8-14/h3-8H,1-2H3. The van der Waals surface area contributed by atoms with Gasteiger partial charge in [0.1, 0.15) is 17.7 Å². The summed E-state index contributed by atoms with van der Waals surface area (Å²) in [4.78, 5) is 15.7. The third-order valence-corrected chi connectivity index (χ3v) is 4.70. The van der Waals surface area contributed by atoms with Crippen LogP contribution in [0.4, 0.5) is 20.2 Å². The maximum Gasteiger partial charge on any atom is 0.259 e. The van der Waals surface area contributed by atoms with Gasteiger partial charge in [-0.05, 0) is 56.4 Å². The molecule has 1 fully saturated rings. The zero-order chi connectivity index (χ0) is 19.9. The quantitative estimate of drug-likeness (QED) is 0.742. The summed E-state index contributed by atoms with van der Waals surface area (Å²) in [6.45, 7) is 3.22. The lowest BCUT2D eigenvalue weighted by Crippen LogP contribution is -2.44. The van der Waals surface area contributed by atoms with E-state index in [2.05, 4.69) is 0 Å². The average molecular weight is 382 g/mol. The van der Waals surface area contributed by atoms with Crippen molar-refractivity contribution in [2.75, 3.05) is 9.80 Å². The smallest absolute Gasteiger partial charge is 0.259 e. The number of hydrogen-bond donors (Lipinski definition) is 0. The number of anilines is 2. The second-order valence-electron chi connectivity index (χ2n) is 6.37. The Hall–Kier alpha value is -3.36. The van der Waals surface area contributed by atoms with E-state index < -0.39 is 23.1 Å². The van der Waals surface area contributed by atoms with E-state index in [-0.39, 0.29) is 21.9 Å². The first-order chi connectivity index (χ1) is 12.7. The molecule has 0 spiro atoms. The number of nitriles is 2. The lowest BCUT2D eigenvalue weighted by atomic mass is 10.0. The molecule has 1 aliphatic heterocycles. The molecule has 0 bridgehead atoms. The molecule has 8 heteroatoms. The van der Waals surface area contributed by atoms with Gasteiger partial charge in [0.05, 0.1) is 16.8 Å². The van der Waals surface area contributed by atoms with E-state index in [1.54, 1.807) is 13.8 Å². The number of rotatable bonds is 2. The van der Waals surface area contributed by atoms with E-state index in [0.717, 1.165) is 12.1 Å². The number of nitrogens with zero attached hydrogens (tertiary/aromatic N) is 4. The summed E-state index contributed by atoms with van der Waals surface area (Å²) in [7, 11) is 0. The van der Waals surface area contributed by atoms with Gasteiger partial charge in [-0.15, -0.1) is 0 Å². The SMILES string of the molecule is CC1(C)C(=O)N(c2ccc(C#N)c(C#N)c2)C(=S)N1c1ccc(F)c(F)c1. The van der Waals surface area contributed by atoms with Gasteiger partial charge in [-0.25, -0.2) is 8.78 Å². The van der Waals surface area contributed by atoms with Crippen molar-refractivity contribution in [3.8, 4) is 12.1 Å². The number of hydrogen-bond acceptors (Lipinski definition) is 4. The molecule has 2 aromatic carbocycles. The zero-order valence-corrected chi connectivity index (χ0v) is 15.1. The molecule has 0 aromatic heterocycles. The Balaban J connectivity index is 2.11. The molecule has 0 saturated carbocycles. The van der Waals surface area contributed by atoms with Crippen molar-refractivity contribution in [2.24, 2.45) is 0 Å². The molecule has 0 radical (unpaired) electrons. The molecular weight excluding hydrogens is 370 g/mol. The monoisotopic (exact) mass is 382 g/mol. The van der Waals surface area contributed by atoms with Crippen LogP contribution in [0.2, 0.25) is 0 Å². The van der Waals surface area contributed by atoms with Crippen molar-refractivity contribution < 1.29 is 13.6 Å². The Morgan fingerprint density at radius 1 is 0.963 bits per heavy atom. The fourth-order valence-corrected chi connectivity index (χ4v) is 3.46. The first-order valence-electron chi connectivity index (χ1n) is 7.80. The van der Waals surface area contributed by atoms with Crippen LogP contribution in [0.25, 0.3) is 0 Å². The minimum atomic E-state index is -1.16. The first kappa shape index (κ1) is 18.4. The number of benzene rings is 2. The zero-order valence-electron chi connectivity index (χ0n) is 14.3. The maximum atomic E-state index is 13.7. The van der Waals surface area contributed by atoms with E-state index in [0.29, 0.717) is 5.69 Å². The highest BCUT2D eigenvalue weighted by Gasteiger charge is 2.50. The second-order valence-corrected chi connectivity index (χ2v) is 6.73. The Labute approximate surface area is 159 Å². The molecule has 5 nitrogen and oxygen atoms in total. The van der Waals surface area contributed by atoms with Crippen LogP contribution in [0.15, 0.2) is 36.4 Å². The predicted molar refractivity (Wildman–Crippen MR) is 98.9 cm³/mol. The number of halogens is 2. The van der Waals surface area contributed by atoms with Gasteiger partial charge in [0.2, 0.25) is 0 Å². The molecule has 1 amide bonds. The summed E-state index contributed by atoms with van der Waals surface area (Å²) in [5.74, 6) is -2.46. The van der Waals surface area contributed by atoms with E-state index in [4.69, 9.17) is 17.5 Å². The van der Waals surface area contributed by atoms with Crippen molar-refractivity contribution in [3.05, 3.63) is 59.2 Å². The summed E-state index contributed by atoms with van der Waals surface area (Å²) < 4.78 is 27.0. The molecule has 27 heavy (non-hydrogen) atoms. The van der Waals surface area contributed by atoms with Crippen LogP contribution < -0.4 is 9.80 Å². The molecule has 0 unspecified atom stereocenters. The van der Waals surface area contributed by atoms with Crippen LogP contribution in [-0.4, -0.2) is 16.6 Å². The van der Waals surface area contributed by atoms with Crippen LogP contribution >= 0.6 is 12.2 Å². The van der Waals surface area contributed by atoms with E-state index in [9.17, 15) is 18.8 Å². The molecule has 0 aliphatic carbocycles. The second kappa shape index (κ2) is 6.42. The third kappa shape index (κ3) is 2.80. The summed E-state index contributed by atoms with van der Waals surface area (Å²) in [5.41, 5.74) is -0.333. The minimum Gasteiger partial charge on any atom is -0.303 e. The Morgan fingerprint density at radius 3 is 2.19 bits per heavy atom. The molecule has 3 rings (SSSR count). The lowest BCUT2D eigenvalue weighted by molar-refractivity contribution is -0.120. The Bertz CT molecular complexity index is 1070. The first-order valence-corrected chi connectivity index (χ1v) is 8.21. The van der Waals surface area contributed by atoms with Crippen LogP contribution in [0.3, 0.4) is 0 Å². The summed E-state index contributed by atoms with van der Waals surface area (Å²) in [6, 6.07) is 11.4. The number of amides is 1. The van der Waals surface area contributed by atoms with Crippen molar-refractivity contribution in [2.45, 2.75) is 19.4 Å². The van der Waals surface area contributed by atoms with Gasteiger partial charge in [0.15, 0.2) is 16.7 Å². The molecule has 1 heterocycles. The Morgan fingerprint density at radius 2 is 1.59 bits per heavy atom. The van der Waals surface area contributed by atoms with Crippen LogP contribution in [0.5, 0.6) is 0 Å². The van der Waals surface area contributed by atoms with Gasteiger partial charge in [-0.1, -0.05) is 0 Å². The molecule has 1 saturated heterocycles. The third-order valence-electron chi connectivity index (χ3n) is 4.33. The summed E-state index contributed by atoms with van der Waals surface area (Å²) in [6.07, 6.45) is 0. The molecular formula is C19H12F2N4OS. The average Bonchev–Trinajstić information content (AvgIpc) is 2.81. The van der Waals surface area contributed by atoms with E-state index >= 15 is 0 Å². The highest BCUT2D eigenvalue weighted by Crippen LogP contribution is 2.37. The topological polar surface area (TPSA) is 71.1 Å². The van der Waals surface area contributed by atoms with E-state index in [1.165, 1.54) is 34.1 Å². The van der Waals surface area contributed by atoms with Gasteiger partial charge < -0.3 is 4.90 Å². The highest BCUT2D eigenvalue weighted by atomic mass is 32.1. The molecule has 134 valence electrons. The van der Waals surface area contributed by atoms with E-state index in [1.807, 2.05) is 12.1 Å². The van der Waals surface area contributed by atoms with Crippen LogP contribution in [-0.2, 0) is 4.79 Å². The number of thiocarbonyl (C=S) groups is 1. The fourth-order valence-electron chi connectivity index (χ4n) is 2.94. The Kier molecular flexibility index (Phi) is 4.38. The van der Waals surface area contributed by atoms with Gasteiger partial charge in [0.25, 0.3) is 5.91 Å². The molecule has 0 N–H and O–H groups in total. The lowest BCUT2D eigenvalue weighted by Gasteiger charge is -2.29. The fraction of sp³-hybridized carbons (Fsp3) is 0.158. The largest absolute Gasteiger partial charge is 0.303 e. The van der Waals surface area contributed by atoms with Crippen molar-refractivity contribution in [1.29, 1.82) is 10.5 Å². The van der Waals surface area contributed by atoms with Gasteiger partial charge in [-0.3, -0.25) is 9.69 Å².